The molecule has 0 spiro atoms. The molecule has 8 nitrogen and oxygen atoms in total. The summed E-state index contributed by atoms with van der Waals surface area (Å²) in [6.07, 6.45) is 1.61. The molecule has 1 saturated heterocycles. The fraction of sp³-hybridized carbons (Fsp3) is 0.107. The van der Waals surface area contributed by atoms with Crippen LogP contribution in [0.15, 0.2) is 84.6 Å². The molecule has 1 atom stereocenters. The van der Waals surface area contributed by atoms with Crippen LogP contribution in [0.2, 0.25) is 0 Å². The number of carbonyl (C=O) groups is 3. The number of ether oxygens (including phenoxy) is 2. The van der Waals surface area contributed by atoms with Crippen LogP contribution < -0.4 is 14.4 Å². The summed E-state index contributed by atoms with van der Waals surface area (Å²) < 4.78 is 10.4. The fourth-order valence-electron chi connectivity index (χ4n) is 4.47. The summed E-state index contributed by atoms with van der Waals surface area (Å²) in [7, 11) is 1.51. The molecule has 1 aliphatic heterocycles. The molecule has 1 fully saturated rings. The Morgan fingerprint density at radius 3 is 2.44 bits per heavy atom. The van der Waals surface area contributed by atoms with Crippen LogP contribution in [0, 0.1) is 0 Å². The third-order valence-corrected chi connectivity index (χ3v) is 6.08. The topological polar surface area (TPSA) is 109 Å². The van der Waals surface area contributed by atoms with E-state index in [1.54, 1.807) is 54.7 Å². The van der Waals surface area contributed by atoms with Crippen LogP contribution in [0.5, 0.6) is 11.5 Å². The van der Waals surface area contributed by atoms with E-state index < -0.39 is 23.7 Å². The van der Waals surface area contributed by atoms with Gasteiger partial charge in [0.2, 0.25) is 0 Å². The molecular weight excluding hydrogens is 460 g/mol. The predicted octanol–water partition coefficient (Wildman–Crippen LogP) is 4.73. The number of hydrogen-bond acceptors (Lipinski definition) is 6. The molecule has 5 rings (SSSR count). The van der Waals surface area contributed by atoms with E-state index in [-0.39, 0.29) is 11.3 Å². The maximum absolute atomic E-state index is 13.4. The molecular formula is C28H22N2O6. The Hall–Kier alpha value is -4.85. The number of H-pyrrole nitrogens is 1. The first kappa shape index (κ1) is 22.9. The molecule has 0 radical (unpaired) electrons. The lowest BCUT2D eigenvalue weighted by Gasteiger charge is -2.25. The Balaban J connectivity index is 1.71. The van der Waals surface area contributed by atoms with Gasteiger partial charge in [-0.15, -0.1) is 0 Å². The van der Waals surface area contributed by atoms with Gasteiger partial charge in [-0.05, 0) is 35.9 Å². The number of aromatic nitrogens is 1. The number of para-hydroxylation sites is 1. The molecule has 1 unspecified atom stereocenters. The molecule has 0 aliphatic carbocycles. The van der Waals surface area contributed by atoms with Gasteiger partial charge in [0.25, 0.3) is 11.7 Å². The minimum absolute atomic E-state index is 0.0483. The zero-order valence-electron chi connectivity index (χ0n) is 19.5. The molecule has 3 aromatic carbocycles. The fourth-order valence-corrected chi connectivity index (χ4v) is 4.47. The largest absolute Gasteiger partial charge is 0.507 e. The van der Waals surface area contributed by atoms with Gasteiger partial charge in [0, 0.05) is 41.3 Å². The second kappa shape index (κ2) is 9.07. The van der Waals surface area contributed by atoms with Crippen molar-refractivity contribution in [3.8, 4) is 11.5 Å². The monoisotopic (exact) mass is 482 g/mol. The number of carbonyl (C=O) groups excluding carboxylic acids is 3. The SMILES string of the molecule is COc1cccc(N2C(=O)C(=O)/C(=C(\O)c3c[nH]c4ccccc34)C2c2ccc(OC(C)=O)cc2)c1. The Morgan fingerprint density at radius 1 is 0.972 bits per heavy atom. The maximum Gasteiger partial charge on any atom is 0.308 e. The highest BCUT2D eigenvalue weighted by atomic mass is 16.5. The summed E-state index contributed by atoms with van der Waals surface area (Å²) in [6.45, 7) is 1.30. The van der Waals surface area contributed by atoms with Crippen LogP contribution in [-0.4, -0.2) is 34.9 Å². The molecule has 2 N–H and O–H groups in total. The Labute approximate surface area is 206 Å². The number of aromatic amines is 1. The van der Waals surface area contributed by atoms with E-state index in [4.69, 9.17) is 9.47 Å². The average Bonchev–Trinajstić information content (AvgIpc) is 3.43. The smallest absolute Gasteiger partial charge is 0.308 e. The summed E-state index contributed by atoms with van der Waals surface area (Å²) in [5.74, 6) is -1.51. The molecule has 180 valence electrons. The van der Waals surface area contributed by atoms with Gasteiger partial charge in [-0.25, -0.2) is 0 Å². The lowest BCUT2D eigenvalue weighted by molar-refractivity contribution is -0.132. The van der Waals surface area contributed by atoms with Crippen LogP contribution in [0.1, 0.15) is 24.1 Å². The molecule has 0 bridgehead atoms. The third kappa shape index (κ3) is 3.88. The van der Waals surface area contributed by atoms with E-state index in [1.165, 1.54) is 18.9 Å². The van der Waals surface area contributed by atoms with Crippen LogP contribution in [0.4, 0.5) is 5.69 Å². The Kier molecular flexibility index (Phi) is 5.77. The second-order valence-corrected chi connectivity index (χ2v) is 8.28. The van der Waals surface area contributed by atoms with Gasteiger partial charge in [0.1, 0.15) is 17.3 Å². The van der Waals surface area contributed by atoms with Gasteiger partial charge in [-0.1, -0.05) is 36.4 Å². The van der Waals surface area contributed by atoms with Crippen molar-refractivity contribution in [1.29, 1.82) is 0 Å². The quantitative estimate of drug-likeness (QED) is 0.140. The summed E-state index contributed by atoms with van der Waals surface area (Å²) >= 11 is 0. The van der Waals surface area contributed by atoms with E-state index in [0.717, 1.165) is 5.52 Å². The highest BCUT2D eigenvalue weighted by Crippen LogP contribution is 2.43. The first-order valence-corrected chi connectivity index (χ1v) is 11.2. The van der Waals surface area contributed by atoms with Crippen LogP contribution in [0.3, 0.4) is 0 Å². The van der Waals surface area contributed by atoms with Gasteiger partial charge in [-0.2, -0.15) is 0 Å². The average molecular weight is 482 g/mol. The van der Waals surface area contributed by atoms with Crippen molar-refractivity contribution in [3.63, 3.8) is 0 Å². The number of nitrogens with zero attached hydrogens (tertiary/aromatic N) is 1. The molecule has 8 heteroatoms. The number of esters is 1. The number of benzene rings is 3. The van der Waals surface area contributed by atoms with Crippen molar-refractivity contribution in [1.82, 2.24) is 4.98 Å². The zero-order valence-corrected chi connectivity index (χ0v) is 19.5. The number of hydrogen-bond donors (Lipinski definition) is 2. The van der Waals surface area contributed by atoms with Crippen molar-refractivity contribution in [2.45, 2.75) is 13.0 Å². The van der Waals surface area contributed by atoms with Crippen LogP contribution >= 0.6 is 0 Å². The van der Waals surface area contributed by atoms with Crippen molar-refractivity contribution >= 4 is 40.0 Å². The summed E-state index contributed by atoms with van der Waals surface area (Å²) in [6, 6.07) is 19.7. The molecule has 2 heterocycles. The third-order valence-electron chi connectivity index (χ3n) is 6.08. The van der Waals surface area contributed by atoms with Crippen LogP contribution in [0.25, 0.3) is 16.7 Å². The lowest BCUT2D eigenvalue weighted by Crippen LogP contribution is -2.29. The van der Waals surface area contributed by atoms with Crippen molar-refractivity contribution in [3.05, 3.63) is 95.7 Å². The molecule has 0 saturated carbocycles. The van der Waals surface area contributed by atoms with E-state index in [2.05, 4.69) is 4.98 Å². The van der Waals surface area contributed by atoms with Crippen molar-refractivity contribution < 1.29 is 29.0 Å². The molecule has 1 aromatic heterocycles. The number of aliphatic hydroxyl groups excluding tert-OH is 1. The highest BCUT2D eigenvalue weighted by Gasteiger charge is 2.47. The number of aliphatic hydroxyl groups is 1. The number of Topliss-reactive ketones (excluding diaryl/α,β-unsaturated/α-hetero) is 1. The number of methoxy groups -OCH3 is 1. The van der Waals surface area contributed by atoms with E-state index >= 15 is 0 Å². The summed E-state index contributed by atoms with van der Waals surface area (Å²) in [4.78, 5) is 42.5. The maximum atomic E-state index is 13.4. The van der Waals surface area contributed by atoms with Gasteiger partial charge in [0.05, 0.1) is 18.7 Å². The van der Waals surface area contributed by atoms with E-state index in [0.29, 0.717) is 33.7 Å². The number of rotatable bonds is 5. The van der Waals surface area contributed by atoms with Gasteiger partial charge >= 0.3 is 5.97 Å². The van der Waals surface area contributed by atoms with E-state index in [1.807, 2.05) is 24.3 Å². The number of amides is 1. The Bertz CT molecular complexity index is 1530. The minimum atomic E-state index is -0.933. The second-order valence-electron chi connectivity index (χ2n) is 8.28. The van der Waals surface area contributed by atoms with E-state index in [9.17, 15) is 19.5 Å². The first-order chi connectivity index (χ1) is 17.4. The van der Waals surface area contributed by atoms with Crippen molar-refractivity contribution in [2.75, 3.05) is 12.0 Å². The molecule has 1 amide bonds. The molecule has 1 aliphatic rings. The van der Waals surface area contributed by atoms with Crippen molar-refractivity contribution in [2.24, 2.45) is 0 Å². The minimum Gasteiger partial charge on any atom is -0.507 e. The molecule has 36 heavy (non-hydrogen) atoms. The number of nitrogens with one attached hydrogen (secondary N) is 1. The summed E-state index contributed by atoms with van der Waals surface area (Å²) in [5.41, 5.74) is 2.13. The van der Waals surface area contributed by atoms with Gasteiger partial charge in [0.15, 0.2) is 0 Å². The normalized spacial score (nSPS) is 16.9. The first-order valence-electron chi connectivity index (χ1n) is 11.2. The number of ketones is 1. The number of fused-ring (bicyclic) bond motifs is 1. The standard InChI is InChI=1S/C28H22N2O6/c1-16(31)36-19-12-10-17(11-13-19)25-24(26(32)22-15-29-23-9-4-3-8-21(22)23)27(33)28(34)30(25)18-6-5-7-20(14-18)35-2/h3-15,25,29,32H,1-2H3/b26-24-. The summed E-state index contributed by atoms with van der Waals surface area (Å²) in [5, 5.41) is 12.1. The Morgan fingerprint density at radius 2 is 1.72 bits per heavy atom. The molecule has 4 aromatic rings. The van der Waals surface area contributed by atoms with Crippen LogP contribution in [-0.2, 0) is 14.4 Å². The van der Waals surface area contributed by atoms with Gasteiger partial charge < -0.3 is 19.6 Å². The number of anilines is 1. The lowest BCUT2D eigenvalue weighted by atomic mass is 9.95. The van der Waals surface area contributed by atoms with Gasteiger partial charge in [-0.3, -0.25) is 19.3 Å². The highest BCUT2D eigenvalue weighted by molar-refractivity contribution is 6.51. The predicted molar refractivity (Wildman–Crippen MR) is 134 cm³/mol. The zero-order chi connectivity index (χ0) is 25.4.